The molecule has 0 unspecified atom stereocenters. The number of hydrogen-bond donors (Lipinski definition) is 0. The summed E-state index contributed by atoms with van der Waals surface area (Å²) in [5, 5.41) is 0. The van der Waals surface area contributed by atoms with Crippen LogP contribution < -0.4 is 0 Å². The molecule has 0 saturated carbocycles. The molecule has 3 heteroatoms. The Morgan fingerprint density at radius 3 is 2.44 bits per heavy atom. The van der Waals surface area contributed by atoms with E-state index in [2.05, 4.69) is 19.1 Å². The van der Waals surface area contributed by atoms with Crippen molar-refractivity contribution >= 4 is 12.0 Å². The van der Waals surface area contributed by atoms with Crippen molar-refractivity contribution in [1.29, 1.82) is 0 Å². The van der Waals surface area contributed by atoms with Gasteiger partial charge in [-0.3, -0.25) is 4.79 Å². The largest absolute Gasteiger partial charge is 0.435 e. The van der Waals surface area contributed by atoms with Gasteiger partial charge in [-0.15, -0.1) is 0 Å². The van der Waals surface area contributed by atoms with E-state index in [4.69, 9.17) is 9.47 Å². The van der Waals surface area contributed by atoms with Gasteiger partial charge in [0.1, 0.15) is 0 Å². The first-order valence-electron chi connectivity index (χ1n) is 9.51. The van der Waals surface area contributed by atoms with Gasteiger partial charge in [0.15, 0.2) is 0 Å². The third-order valence-electron chi connectivity index (χ3n) is 4.56. The van der Waals surface area contributed by atoms with Gasteiger partial charge in [-0.25, -0.2) is 0 Å². The van der Waals surface area contributed by atoms with Crippen molar-refractivity contribution in [2.24, 2.45) is 11.3 Å². The third-order valence-corrected chi connectivity index (χ3v) is 4.56. The Labute approximate surface area is 152 Å². The molecule has 1 saturated heterocycles. The van der Waals surface area contributed by atoms with Gasteiger partial charge in [-0.05, 0) is 12.0 Å². The number of carbonyl (C=O) groups excluding carboxylic acids is 1. The topological polar surface area (TPSA) is 35.5 Å². The van der Waals surface area contributed by atoms with Crippen LogP contribution in [0.1, 0.15) is 65.4 Å². The molecular weight excluding hydrogens is 312 g/mol. The van der Waals surface area contributed by atoms with Crippen LogP contribution >= 0.6 is 0 Å². The van der Waals surface area contributed by atoms with Gasteiger partial charge < -0.3 is 9.47 Å². The summed E-state index contributed by atoms with van der Waals surface area (Å²) in [5.74, 6) is -0.333. The Morgan fingerprint density at radius 2 is 1.80 bits per heavy atom. The molecule has 25 heavy (non-hydrogen) atoms. The molecule has 0 amide bonds. The Kier molecular flexibility index (Phi) is 7.24. The van der Waals surface area contributed by atoms with Crippen LogP contribution in [0.5, 0.6) is 0 Å². The SMILES string of the molecule is CCCCCC[C@@H]1C(=O)O[C@@H](C(C)(C)C)O[C@H]1/C=C/c1ccccc1. The van der Waals surface area contributed by atoms with Crippen molar-refractivity contribution in [3.63, 3.8) is 0 Å². The van der Waals surface area contributed by atoms with Gasteiger partial charge in [0.2, 0.25) is 6.29 Å². The van der Waals surface area contributed by atoms with Crippen molar-refractivity contribution in [3.05, 3.63) is 42.0 Å². The number of benzene rings is 1. The molecule has 0 spiro atoms. The monoisotopic (exact) mass is 344 g/mol. The zero-order chi connectivity index (χ0) is 18.3. The summed E-state index contributed by atoms with van der Waals surface area (Å²) in [4.78, 5) is 12.6. The first-order valence-corrected chi connectivity index (χ1v) is 9.51. The van der Waals surface area contributed by atoms with Crippen molar-refractivity contribution in [3.8, 4) is 0 Å². The Morgan fingerprint density at radius 1 is 1.08 bits per heavy atom. The van der Waals surface area contributed by atoms with Crippen LogP contribution in [0.4, 0.5) is 0 Å². The van der Waals surface area contributed by atoms with Crippen LogP contribution in [0.15, 0.2) is 36.4 Å². The molecule has 138 valence electrons. The fraction of sp³-hybridized carbons (Fsp3) is 0.591. The second kappa shape index (κ2) is 9.19. The number of unbranched alkanes of at least 4 members (excludes halogenated alkanes) is 3. The molecule has 1 aromatic rings. The van der Waals surface area contributed by atoms with Crippen LogP contribution in [0, 0.1) is 11.3 Å². The van der Waals surface area contributed by atoms with E-state index in [1.807, 2.05) is 51.1 Å². The Balaban J connectivity index is 2.11. The molecule has 1 fully saturated rings. The first kappa shape index (κ1) is 19.7. The molecule has 0 aromatic heterocycles. The normalized spacial score (nSPS) is 24.5. The first-order chi connectivity index (χ1) is 11.9. The van der Waals surface area contributed by atoms with Crippen LogP contribution in [-0.4, -0.2) is 18.4 Å². The lowest BCUT2D eigenvalue weighted by Gasteiger charge is -2.39. The number of esters is 1. The molecule has 0 bridgehead atoms. The third kappa shape index (κ3) is 6.00. The summed E-state index contributed by atoms with van der Waals surface area (Å²) in [6, 6.07) is 10.1. The second-order valence-electron chi connectivity index (χ2n) is 7.96. The van der Waals surface area contributed by atoms with E-state index >= 15 is 0 Å². The van der Waals surface area contributed by atoms with E-state index < -0.39 is 6.29 Å². The summed E-state index contributed by atoms with van der Waals surface area (Å²) >= 11 is 0. The molecule has 3 nitrogen and oxygen atoms in total. The lowest BCUT2D eigenvalue weighted by molar-refractivity contribution is -0.249. The number of carbonyl (C=O) groups is 1. The standard InChI is InChI=1S/C22H32O3/c1-5-6-7-11-14-18-19(16-15-17-12-9-8-10-13-17)24-21(22(2,3)4)25-20(18)23/h8-10,12-13,15-16,18-19,21H,5-7,11,14H2,1-4H3/b16-15+/t18-,19-,21-/m0/s1. The van der Waals surface area contributed by atoms with Gasteiger partial charge in [0, 0.05) is 5.41 Å². The summed E-state index contributed by atoms with van der Waals surface area (Å²) in [7, 11) is 0. The number of ether oxygens (including phenoxy) is 2. The molecule has 1 heterocycles. The fourth-order valence-corrected chi connectivity index (χ4v) is 3.00. The van der Waals surface area contributed by atoms with E-state index in [-0.39, 0.29) is 23.4 Å². The average Bonchev–Trinajstić information content (AvgIpc) is 2.58. The molecule has 2 rings (SSSR count). The average molecular weight is 344 g/mol. The highest BCUT2D eigenvalue weighted by molar-refractivity contribution is 5.74. The van der Waals surface area contributed by atoms with Crippen molar-refractivity contribution < 1.29 is 14.3 Å². The van der Waals surface area contributed by atoms with Crippen molar-refractivity contribution in [2.75, 3.05) is 0 Å². The maximum Gasteiger partial charge on any atom is 0.314 e. The van der Waals surface area contributed by atoms with E-state index in [0.717, 1.165) is 24.8 Å². The smallest absolute Gasteiger partial charge is 0.314 e. The zero-order valence-corrected chi connectivity index (χ0v) is 16.0. The fourth-order valence-electron chi connectivity index (χ4n) is 3.00. The summed E-state index contributed by atoms with van der Waals surface area (Å²) in [6.07, 6.45) is 8.74. The summed E-state index contributed by atoms with van der Waals surface area (Å²) in [5.41, 5.74) is 0.879. The highest BCUT2D eigenvalue weighted by Gasteiger charge is 2.42. The summed E-state index contributed by atoms with van der Waals surface area (Å²) < 4.78 is 11.8. The lowest BCUT2D eigenvalue weighted by Crippen LogP contribution is -2.47. The predicted molar refractivity (Wildman–Crippen MR) is 102 cm³/mol. The molecule has 3 atom stereocenters. The van der Waals surface area contributed by atoms with Gasteiger partial charge in [-0.2, -0.15) is 0 Å². The van der Waals surface area contributed by atoms with Gasteiger partial charge in [0.25, 0.3) is 0 Å². The molecule has 1 aromatic carbocycles. The van der Waals surface area contributed by atoms with Gasteiger partial charge in [0.05, 0.1) is 12.0 Å². The predicted octanol–water partition coefficient (Wildman–Crippen LogP) is 5.60. The molecule has 1 aliphatic heterocycles. The van der Waals surface area contributed by atoms with E-state index in [0.29, 0.717) is 0 Å². The molecular formula is C22H32O3. The maximum absolute atomic E-state index is 12.6. The van der Waals surface area contributed by atoms with Crippen LogP contribution in [0.2, 0.25) is 0 Å². The molecule has 0 radical (unpaired) electrons. The van der Waals surface area contributed by atoms with Gasteiger partial charge in [-0.1, -0.05) is 95.9 Å². The second-order valence-corrected chi connectivity index (χ2v) is 7.96. The maximum atomic E-state index is 12.6. The minimum atomic E-state index is -0.502. The van der Waals surface area contributed by atoms with Crippen LogP contribution in [0.3, 0.4) is 0 Å². The number of rotatable bonds is 7. The molecule has 1 aliphatic rings. The molecule has 0 N–H and O–H groups in total. The van der Waals surface area contributed by atoms with Crippen LogP contribution in [0.25, 0.3) is 6.08 Å². The minimum Gasteiger partial charge on any atom is -0.435 e. The van der Waals surface area contributed by atoms with E-state index in [1.165, 1.54) is 12.8 Å². The van der Waals surface area contributed by atoms with E-state index in [9.17, 15) is 4.79 Å². The van der Waals surface area contributed by atoms with Crippen LogP contribution in [-0.2, 0) is 14.3 Å². The van der Waals surface area contributed by atoms with E-state index in [1.54, 1.807) is 0 Å². The summed E-state index contributed by atoms with van der Waals surface area (Å²) in [6.45, 7) is 8.29. The zero-order valence-electron chi connectivity index (χ0n) is 16.0. The highest BCUT2D eigenvalue weighted by Crippen LogP contribution is 2.34. The number of cyclic esters (lactones) is 1. The number of hydrogen-bond acceptors (Lipinski definition) is 3. The highest BCUT2D eigenvalue weighted by atomic mass is 16.7. The van der Waals surface area contributed by atoms with Crippen molar-refractivity contribution in [2.45, 2.75) is 72.2 Å². The Hall–Kier alpha value is -1.61. The Bertz CT molecular complexity index is 556. The minimum absolute atomic E-state index is 0.120. The van der Waals surface area contributed by atoms with Gasteiger partial charge >= 0.3 is 5.97 Å². The molecule has 0 aliphatic carbocycles. The lowest BCUT2D eigenvalue weighted by atomic mass is 9.90. The quantitative estimate of drug-likeness (QED) is 0.477. The van der Waals surface area contributed by atoms with Crippen molar-refractivity contribution in [1.82, 2.24) is 0 Å².